The third-order valence-electron chi connectivity index (χ3n) is 5.60. The molecule has 0 aromatic heterocycles. The van der Waals surface area contributed by atoms with Gasteiger partial charge in [0.15, 0.2) is 0 Å². The second-order valence-corrected chi connectivity index (χ2v) is 10.2. The van der Waals surface area contributed by atoms with E-state index in [1.54, 1.807) is 29.2 Å². The molecule has 1 atom stereocenters. The highest BCUT2D eigenvalue weighted by molar-refractivity contribution is 8.00. The van der Waals surface area contributed by atoms with E-state index in [0.717, 1.165) is 36.1 Å². The Hall–Kier alpha value is -1.40. The summed E-state index contributed by atoms with van der Waals surface area (Å²) in [7, 11) is 0. The van der Waals surface area contributed by atoms with Gasteiger partial charge in [0.2, 0.25) is 11.8 Å². The number of nitrogens with one attached hydrogen (secondary N) is 1. The second-order valence-electron chi connectivity index (χ2n) is 7.93. The van der Waals surface area contributed by atoms with E-state index in [1.807, 2.05) is 25.1 Å². The lowest BCUT2D eigenvalue weighted by atomic mass is 10.1. The number of benzene rings is 2. The SMILES string of the molecule is CC[C@H](C(=O)NC1CCCC1)N(Cc1ccc(Cl)c(Cl)c1)C(=O)CSc1ccc(Cl)cc1. The Labute approximate surface area is 209 Å². The number of hydrogen-bond donors (Lipinski definition) is 1. The topological polar surface area (TPSA) is 49.4 Å². The summed E-state index contributed by atoms with van der Waals surface area (Å²) in [6.45, 7) is 2.22. The molecular weight excluding hydrogens is 487 g/mol. The predicted molar refractivity (Wildman–Crippen MR) is 134 cm³/mol. The Morgan fingerprint density at radius 3 is 2.38 bits per heavy atom. The van der Waals surface area contributed by atoms with Crippen molar-refractivity contribution in [3.8, 4) is 0 Å². The molecule has 0 saturated heterocycles. The zero-order valence-corrected chi connectivity index (χ0v) is 21.0. The summed E-state index contributed by atoms with van der Waals surface area (Å²) in [5, 5.41) is 4.68. The van der Waals surface area contributed by atoms with Gasteiger partial charge in [-0.2, -0.15) is 0 Å². The molecule has 2 amide bonds. The summed E-state index contributed by atoms with van der Waals surface area (Å²) in [6.07, 6.45) is 4.78. The van der Waals surface area contributed by atoms with Crippen molar-refractivity contribution in [3.05, 3.63) is 63.1 Å². The molecule has 0 bridgehead atoms. The van der Waals surface area contributed by atoms with Crippen molar-refractivity contribution in [2.45, 2.75) is 62.6 Å². The molecule has 1 N–H and O–H groups in total. The minimum Gasteiger partial charge on any atom is -0.352 e. The number of thioether (sulfide) groups is 1. The Bertz CT molecular complexity index is 933. The molecule has 32 heavy (non-hydrogen) atoms. The summed E-state index contributed by atoms with van der Waals surface area (Å²) in [6, 6.07) is 12.3. The smallest absolute Gasteiger partial charge is 0.243 e. The van der Waals surface area contributed by atoms with E-state index in [1.165, 1.54) is 11.8 Å². The van der Waals surface area contributed by atoms with Gasteiger partial charge in [0.25, 0.3) is 0 Å². The van der Waals surface area contributed by atoms with Crippen LogP contribution >= 0.6 is 46.6 Å². The monoisotopic (exact) mass is 512 g/mol. The van der Waals surface area contributed by atoms with Crippen LogP contribution in [-0.2, 0) is 16.1 Å². The molecule has 0 aliphatic heterocycles. The van der Waals surface area contributed by atoms with E-state index in [4.69, 9.17) is 34.8 Å². The van der Waals surface area contributed by atoms with Gasteiger partial charge in [0, 0.05) is 22.5 Å². The van der Waals surface area contributed by atoms with Crippen LogP contribution in [0.25, 0.3) is 0 Å². The normalized spacial score (nSPS) is 14.9. The molecule has 0 radical (unpaired) electrons. The first-order chi connectivity index (χ1) is 15.4. The average Bonchev–Trinajstić information content (AvgIpc) is 3.28. The van der Waals surface area contributed by atoms with Crippen molar-refractivity contribution in [2.24, 2.45) is 0 Å². The molecule has 1 fully saturated rings. The Morgan fingerprint density at radius 1 is 1.06 bits per heavy atom. The van der Waals surface area contributed by atoms with E-state index in [0.29, 0.717) is 21.5 Å². The fourth-order valence-electron chi connectivity index (χ4n) is 3.88. The first kappa shape index (κ1) is 25.2. The molecule has 4 nitrogen and oxygen atoms in total. The molecule has 0 unspecified atom stereocenters. The van der Waals surface area contributed by atoms with Gasteiger partial charge in [-0.3, -0.25) is 9.59 Å². The number of halogens is 3. The summed E-state index contributed by atoms with van der Waals surface area (Å²) >= 11 is 19.6. The fraction of sp³-hybridized carbons (Fsp3) is 0.417. The van der Waals surface area contributed by atoms with Crippen LogP contribution in [0.15, 0.2) is 47.4 Å². The van der Waals surface area contributed by atoms with Crippen molar-refractivity contribution < 1.29 is 9.59 Å². The number of carbonyl (C=O) groups is 2. The van der Waals surface area contributed by atoms with Crippen LogP contribution in [0.1, 0.15) is 44.6 Å². The molecule has 2 aromatic rings. The van der Waals surface area contributed by atoms with Gasteiger partial charge in [0.1, 0.15) is 6.04 Å². The zero-order valence-electron chi connectivity index (χ0n) is 18.0. The second kappa shape index (κ2) is 12.2. The third kappa shape index (κ3) is 7.05. The maximum Gasteiger partial charge on any atom is 0.243 e. The Kier molecular flexibility index (Phi) is 9.60. The van der Waals surface area contributed by atoms with E-state index in [9.17, 15) is 9.59 Å². The molecule has 1 saturated carbocycles. The Morgan fingerprint density at radius 2 is 1.75 bits per heavy atom. The summed E-state index contributed by atoms with van der Waals surface area (Å²) in [4.78, 5) is 29.1. The highest BCUT2D eigenvalue weighted by Crippen LogP contribution is 2.26. The van der Waals surface area contributed by atoms with Crippen molar-refractivity contribution in [1.82, 2.24) is 10.2 Å². The number of hydrogen-bond acceptors (Lipinski definition) is 3. The largest absolute Gasteiger partial charge is 0.352 e. The number of carbonyl (C=O) groups excluding carboxylic acids is 2. The first-order valence-electron chi connectivity index (χ1n) is 10.8. The molecule has 2 aromatic carbocycles. The van der Waals surface area contributed by atoms with E-state index in [2.05, 4.69) is 5.32 Å². The van der Waals surface area contributed by atoms with Gasteiger partial charge in [-0.15, -0.1) is 11.8 Å². The molecule has 1 aliphatic carbocycles. The summed E-state index contributed by atoms with van der Waals surface area (Å²) < 4.78 is 0. The van der Waals surface area contributed by atoms with E-state index in [-0.39, 0.29) is 30.2 Å². The van der Waals surface area contributed by atoms with Gasteiger partial charge in [0.05, 0.1) is 15.8 Å². The molecule has 1 aliphatic rings. The fourth-order valence-corrected chi connectivity index (χ4v) is 5.11. The van der Waals surface area contributed by atoms with Crippen LogP contribution in [0, 0.1) is 0 Å². The van der Waals surface area contributed by atoms with Gasteiger partial charge in [-0.25, -0.2) is 0 Å². The van der Waals surface area contributed by atoms with Gasteiger partial charge >= 0.3 is 0 Å². The maximum absolute atomic E-state index is 13.3. The van der Waals surface area contributed by atoms with Crippen molar-refractivity contribution in [3.63, 3.8) is 0 Å². The van der Waals surface area contributed by atoms with Crippen LogP contribution in [-0.4, -0.2) is 34.6 Å². The molecule has 0 heterocycles. The lowest BCUT2D eigenvalue weighted by Gasteiger charge is -2.31. The van der Waals surface area contributed by atoms with Crippen molar-refractivity contribution >= 4 is 58.4 Å². The molecule has 172 valence electrons. The highest BCUT2D eigenvalue weighted by atomic mass is 35.5. The average molecular weight is 514 g/mol. The summed E-state index contributed by atoms with van der Waals surface area (Å²) in [5.41, 5.74) is 0.830. The Balaban J connectivity index is 1.77. The summed E-state index contributed by atoms with van der Waals surface area (Å²) in [5.74, 6) is 0.0182. The first-order valence-corrected chi connectivity index (χ1v) is 12.9. The molecule has 0 spiro atoms. The van der Waals surface area contributed by atoms with Gasteiger partial charge in [-0.1, -0.05) is 60.6 Å². The van der Waals surface area contributed by atoms with Crippen LogP contribution < -0.4 is 5.32 Å². The zero-order chi connectivity index (χ0) is 23.1. The molecule has 8 heteroatoms. The van der Waals surface area contributed by atoms with E-state index < -0.39 is 6.04 Å². The lowest BCUT2D eigenvalue weighted by molar-refractivity contribution is -0.139. The van der Waals surface area contributed by atoms with Crippen LogP contribution in [0.5, 0.6) is 0 Å². The number of amides is 2. The van der Waals surface area contributed by atoms with Crippen LogP contribution in [0.4, 0.5) is 0 Å². The quantitative estimate of drug-likeness (QED) is 0.384. The van der Waals surface area contributed by atoms with Crippen LogP contribution in [0.2, 0.25) is 15.1 Å². The molecule has 3 rings (SSSR count). The van der Waals surface area contributed by atoms with Gasteiger partial charge in [-0.05, 0) is 61.2 Å². The van der Waals surface area contributed by atoms with Crippen molar-refractivity contribution in [1.29, 1.82) is 0 Å². The number of nitrogens with zero attached hydrogens (tertiary/aromatic N) is 1. The minimum absolute atomic E-state index is 0.0932. The minimum atomic E-state index is -0.552. The van der Waals surface area contributed by atoms with Gasteiger partial charge < -0.3 is 10.2 Å². The van der Waals surface area contributed by atoms with E-state index >= 15 is 0 Å². The van der Waals surface area contributed by atoms with Crippen molar-refractivity contribution in [2.75, 3.05) is 5.75 Å². The standard InChI is InChI=1S/C24H27Cl3N2O2S/c1-2-22(24(31)28-18-5-3-4-6-18)29(14-16-7-12-20(26)21(27)13-16)23(30)15-32-19-10-8-17(25)9-11-19/h7-13,18,22H,2-6,14-15H2,1H3,(H,28,31)/t22-/m1/s1. The third-order valence-corrected chi connectivity index (χ3v) is 7.59. The molecular formula is C24H27Cl3N2O2S. The number of rotatable bonds is 9. The lowest BCUT2D eigenvalue weighted by Crippen LogP contribution is -2.51. The van der Waals surface area contributed by atoms with Crippen LogP contribution in [0.3, 0.4) is 0 Å². The highest BCUT2D eigenvalue weighted by Gasteiger charge is 2.30. The predicted octanol–water partition coefficient (Wildman–Crippen LogP) is 6.61. The maximum atomic E-state index is 13.3.